The van der Waals surface area contributed by atoms with Crippen molar-refractivity contribution in [2.75, 3.05) is 6.54 Å². The van der Waals surface area contributed by atoms with E-state index in [1.54, 1.807) is 0 Å². The van der Waals surface area contributed by atoms with E-state index in [9.17, 15) is 4.79 Å². The fourth-order valence-electron chi connectivity index (χ4n) is 3.75. The molecule has 2 aliphatic rings. The third-order valence-electron chi connectivity index (χ3n) is 5.21. The number of likely N-dealkylation sites (tertiary alicyclic amines) is 1. The summed E-state index contributed by atoms with van der Waals surface area (Å²) < 4.78 is 5.43. The van der Waals surface area contributed by atoms with Crippen LogP contribution in [0.25, 0.3) is 0 Å². The van der Waals surface area contributed by atoms with Gasteiger partial charge in [-0.1, -0.05) is 42.4 Å². The lowest BCUT2D eigenvalue weighted by Gasteiger charge is -2.33. The molecule has 126 valence electrons. The first-order valence-electron chi connectivity index (χ1n) is 8.96. The molecule has 1 aliphatic carbocycles. The van der Waals surface area contributed by atoms with Crippen LogP contribution < -0.4 is 0 Å². The third-order valence-corrected chi connectivity index (χ3v) is 5.21. The molecule has 24 heavy (non-hydrogen) atoms. The molecule has 3 atom stereocenters. The molecule has 2 fully saturated rings. The minimum Gasteiger partial charge on any atom is -0.337 e. The van der Waals surface area contributed by atoms with Gasteiger partial charge in [-0.05, 0) is 37.2 Å². The molecule has 0 bridgehead atoms. The summed E-state index contributed by atoms with van der Waals surface area (Å²) in [5.74, 6) is 2.06. The van der Waals surface area contributed by atoms with E-state index >= 15 is 0 Å². The quantitative estimate of drug-likeness (QED) is 0.863. The van der Waals surface area contributed by atoms with Crippen LogP contribution in [-0.2, 0) is 11.2 Å². The van der Waals surface area contributed by atoms with Crippen molar-refractivity contribution in [2.45, 2.75) is 51.0 Å². The van der Waals surface area contributed by atoms with Crippen LogP contribution in [0.5, 0.6) is 0 Å². The van der Waals surface area contributed by atoms with E-state index in [2.05, 4.69) is 22.3 Å². The van der Waals surface area contributed by atoms with Gasteiger partial charge in [0.1, 0.15) is 6.04 Å². The van der Waals surface area contributed by atoms with Crippen molar-refractivity contribution >= 4 is 5.91 Å². The summed E-state index contributed by atoms with van der Waals surface area (Å²) in [6.45, 7) is 2.80. The molecule has 5 nitrogen and oxygen atoms in total. The van der Waals surface area contributed by atoms with Gasteiger partial charge in [-0.15, -0.1) is 0 Å². The molecule has 0 unspecified atom stereocenters. The number of aryl methyl sites for hydroxylation is 1. The fraction of sp³-hybridized carbons (Fsp3) is 0.526. The average molecular weight is 325 g/mol. The van der Waals surface area contributed by atoms with Crippen LogP contribution >= 0.6 is 0 Å². The molecule has 1 aliphatic heterocycles. The molecule has 1 aromatic heterocycles. The monoisotopic (exact) mass is 325 g/mol. The van der Waals surface area contributed by atoms with E-state index in [-0.39, 0.29) is 17.9 Å². The highest BCUT2D eigenvalue weighted by Crippen LogP contribution is 2.49. The topological polar surface area (TPSA) is 59.2 Å². The first-order chi connectivity index (χ1) is 11.8. The maximum absolute atomic E-state index is 13.0. The van der Waals surface area contributed by atoms with Gasteiger partial charge < -0.3 is 9.42 Å². The number of amides is 1. The minimum atomic E-state index is -0.0453. The van der Waals surface area contributed by atoms with Crippen LogP contribution in [0.3, 0.4) is 0 Å². The van der Waals surface area contributed by atoms with Crippen molar-refractivity contribution in [1.29, 1.82) is 0 Å². The molecular formula is C19H23N3O2. The summed E-state index contributed by atoms with van der Waals surface area (Å²) in [5, 5.41) is 4.00. The Balaban J connectivity index is 1.50. The van der Waals surface area contributed by atoms with Crippen molar-refractivity contribution in [3.63, 3.8) is 0 Å². The van der Waals surface area contributed by atoms with Crippen LogP contribution in [0.4, 0.5) is 0 Å². The number of hydrogen-bond donors (Lipinski definition) is 0. The van der Waals surface area contributed by atoms with Crippen LogP contribution in [0.2, 0.25) is 0 Å². The maximum Gasteiger partial charge on any atom is 0.249 e. The Kier molecular flexibility index (Phi) is 4.08. The van der Waals surface area contributed by atoms with Crippen molar-refractivity contribution in [2.24, 2.45) is 5.92 Å². The van der Waals surface area contributed by atoms with Crippen LogP contribution in [-0.4, -0.2) is 27.5 Å². The number of carbonyl (C=O) groups is 1. The number of nitrogens with zero attached hydrogens (tertiary/aromatic N) is 3. The minimum absolute atomic E-state index is 0.0453. The van der Waals surface area contributed by atoms with Gasteiger partial charge in [0.05, 0.1) is 0 Å². The predicted molar refractivity (Wildman–Crippen MR) is 89.3 cm³/mol. The zero-order valence-corrected chi connectivity index (χ0v) is 14.0. The number of rotatable bonds is 4. The Bertz CT molecular complexity index is 712. The number of carbonyl (C=O) groups excluding carboxylic acids is 1. The fourth-order valence-corrected chi connectivity index (χ4v) is 3.75. The predicted octanol–water partition coefficient (Wildman–Crippen LogP) is 3.49. The molecule has 4 rings (SSSR count). The SMILES string of the molecule is CCc1noc([C@@H]2CCCCN2C(=O)[C@H]2C[C@H]2c2ccccc2)n1. The molecule has 1 amide bonds. The molecule has 2 aromatic rings. The number of benzene rings is 1. The van der Waals surface area contributed by atoms with Gasteiger partial charge in [0.25, 0.3) is 0 Å². The molecule has 1 saturated heterocycles. The van der Waals surface area contributed by atoms with Crippen LogP contribution in [0.1, 0.15) is 61.8 Å². The van der Waals surface area contributed by atoms with Crippen molar-refractivity contribution in [1.82, 2.24) is 15.0 Å². The van der Waals surface area contributed by atoms with Gasteiger partial charge in [0, 0.05) is 18.9 Å². The molecule has 1 saturated carbocycles. The van der Waals surface area contributed by atoms with E-state index in [0.29, 0.717) is 11.8 Å². The zero-order chi connectivity index (χ0) is 16.5. The highest BCUT2D eigenvalue weighted by atomic mass is 16.5. The van der Waals surface area contributed by atoms with Gasteiger partial charge in [-0.3, -0.25) is 4.79 Å². The first-order valence-corrected chi connectivity index (χ1v) is 8.96. The molecule has 5 heteroatoms. The van der Waals surface area contributed by atoms with Gasteiger partial charge in [-0.25, -0.2) is 0 Å². The van der Waals surface area contributed by atoms with Gasteiger partial charge >= 0.3 is 0 Å². The lowest BCUT2D eigenvalue weighted by molar-refractivity contribution is -0.137. The zero-order valence-electron chi connectivity index (χ0n) is 14.0. The van der Waals surface area contributed by atoms with Crippen molar-refractivity contribution in [3.8, 4) is 0 Å². The van der Waals surface area contributed by atoms with Gasteiger partial charge in [-0.2, -0.15) is 4.98 Å². The lowest BCUT2D eigenvalue weighted by Crippen LogP contribution is -2.39. The number of hydrogen-bond acceptors (Lipinski definition) is 4. The summed E-state index contributed by atoms with van der Waals surface area (Å²) in [4.78, 5) is 19.5. The standard InChI is InChI=1S/C19H23N3O2/c1-2-17-20-18(24-21-17)16-10-6-7-11-22(16)19(23)15-12-14(15)13-8-4-3-5-9-13/h3-5,8-9,14-16H,2,6-7,10-12H2,1H3/t14-,15-,16-/m0/s1. The molecule has 2 heterocycles. The average Bonchev–Trinajstić information content (AvgIpc) is 3.31. The number of aromatic nitrogens is 2. The second-order valence-corrected chi connectivity index (χ2v) is 6.80. The highest BCUT2D eigenvalue weighted by Gasteiger charge is 2.47. The van der Waals surface area contributed by atoms with Gasteiger partial charge in [0.2, 0.25) is 11.8 Å². The molecule has 0 N–H and O–H groups in total. The summed E-state index contributed by atoms with van der Waals surface area (Å²) in [6, 6.07) is 10.3. The van der Waals surface area contributed by atoms with E-state index in [4.69, 9.17) is 4.52 Å². The van der Waals surface area contributed by atoms with E-state index in [0.717, 1.165) is 44.5 Å². The lowest BCUT2D eigenvalue weighted by atomic mass is 10.0. The maximum atomic E-state index is 13.0. The molecule has 0 radical (unpaired) electrons. The summed E-state index contributed by atoms with van der Waals surface area (Å²) >= 11 is 0. The van der Waals surface area contributed by atoms with Crippen LogP contribution in [0, 0.1) is 5.92 Å². The van der Waals surface area contributed by atoms with E-state index in [1.165, 1.54) is 5.56 Å². The second kappa shape index (κ2) is 6.38. The third kappa shape index (κ3) is 2.83. The second-order valence-electron chi connectivity index (χ2n) is 6.80. The summed E-state index contributed by atoms with van der Waals surface area (Å²) in [6.07, 6.45) is 4.78. The highest BCUT2D eigenvalue weighted by molar-refractivity contribution is 5.83. The Labute approximate surface area is 142 Å². The smallest absolute Gasteiger partial charge is 0.249 e. The first kappa shape index (κ1) is 15.4. The molecule has 1 aromatic carbocycles. The van der Waals surface area contributed by atoms with Crippen molar-refractivity contribution in [3.05, 3.63) is 47.6 Å². The molecular weight excluding hydrogens is 302 g/mol. The Hall–Kier alpha value is -2.17. The number of piperidine rings is 1. The largest absolute Gasteiger partial charge is 0.337 e. The Morgan fingerprint density at radius 2 is 2.12 bits per heavy atom. The summed E-state index contributed by atoms with van der Waals surface area (Å²) in [7, 11) is 0. The Morgan fingerprint density at radius 3 is 2.88 bits per heavy atom. The normalized spacial score (nSPS) is 26.4. The summed E-state index contributed by atoms with van der Waals surface area (Å²) in [5.41, 5.74) is 1.27. The molecule has 0 spiro atoms. The van der Waals surface area contributed by atoms with E-state index in [1.807, 2.05) is 30.0 Å². The van der Waals surface area contributed by atoms with E-state index < -0.39 is 0 Å². The van der Waals surface area contributed by atoms with Gasteiger partial charge in [0.15, 0.2) is 5.82 Å². The van der Waals surface area contributed by atoms with Crippen LogP contribution in [0.15, 0.2) is 34.9 Å². The van der Waals surface area contributed by atoms with Crippen molar-refractivity contribution < 1.29 is 9.32 Å². The Morgan fingerprint density at radius 1 is 1.29 bits per heavy atom.